The highest BCUT2D eigenvalue weighted by Crippen LogP contribution is 2.23. The number of rotatable bonds is 8. The van der Waals surface area contributed by atoms with Crippen LogP contribution in [0.2, 0.25) is 0 Å². The van der Waals surface area contributed by atoms with Crippen molar-refractivity contribution in [2.24, 2.45) is 0 Å². The predicted molar refractivity (Wildman–Crippen MR) is 98.0 cm³/mol. The summed E-state index contributed by atoms with van der Waals surface area (Å²) >= 11 is 0. The van der Waals surface area contributed by atoms with Crippen LogP contribution in [0.1, 0.15) is 29.8 Å². The van der Waals surface area contributed by atoms with E-state index in [9.17, 15) is 24.9 Å². The zero-order valence-corrected chi connectivity index (χ0v) is 16.1. The topological polar surface area (TPSA) is 135 Å². The minimum Gasteiger partial charge on any atom is -0.496 e. The van der Waals surface area contributed by atoms with Crippen LogP contribution in [0.3, 0.4) is 0 Å². The van der Waals surface area contributed by atoms with Gasteiger partial charge < -0.3 is 34.8 Å². The first-order valence-electron chi connectivity index (χ1n) is 8.97. The van der Waals surface area contributed by atoms with Gasteiger partial charge in [0.1, 0.15) is 30.1 Å². The molecule has 1 heterocycles. The van der Waals surface area contributed by atoms with Gasteiger partial charge in [-0.05, 0) is 31.0 Å². The van der Waals surface area contributed by atoms with Crippen molar-refractivity contribution in [3.05, 3.63) is 29.3 Å². The van der Waals surface area contributed by atoms with Crippen molar-refractivity contribution in [2.45, 2.75) is 50.9 Å². The molecule has 0 radical (unpaired) electrons. The second kappa shape index (κ2) is 9.94. The molecule has 156 valence electrons. The number of aliphatic hydroxyl groups is 3. The highest BCUT2D eigenvalue weighted by atomic mass is 16.7. The third-order valence-electron chi connectivity index (χ3n) is 4.57. The van der Waals surface area contributed by atoms with Crippen LogP contribution in [0.25, 0.3) is 0 Å². The molecule has 0 saturated carbocycles. The Morgan fingerprint density at radius 3 is 2.50 bits per heavy atom. The maximum absolute atomic E-state index is 11.7. The molecule has 1 fully saturated rings. The Bertz CT molecular complexity index is 695. The molecule has 5 atom stereocenters. The second-order valence-corrected chi connectivity index (χ2v) is 6.64. The molecule has 1 aliphatic heterocycles. The maximum atomic E-state index is 11.7. The van der Waals surface area contributed by atoms with Gasteiger partial charge in [0.05, 0.1) is 25.9 Å². The number of hydrogen-bond acceptors (Lipinski definition) is 8. The highest BCUT2D eigenvalue weighted by Gasteiger charge is 2.45. The van der Waals surface area contributed by atoms with Gasteiger partial charge in [0, 0.05) is 6.92 Å². The third kappa shape index (κ3) is 5.27. The van der Waals surface area contributed by atoms with Crippen LogP contribution in [-0.2, 0) is 20.7 Å². The van der Waals surface area contributed by atoms with E-state index in [1.807, 2.05) is 0 Å². The van der Waals surface area contributed by atoms with E-state index in [1.54, 1.807) is 18.2 Å². The summed E-state index contributed by atoms with van der Waals surface area (Å²) in [6.07, 6.45) is -4.37. The van der Waals surface area contributed by atoms with Crippen LogP contribution in [0, 0.1) is 0 Å². The zero-order chi connectivity index (χ0) is 20.8. The van der Waals surface area contributed by atoms with Crippen LogP contribution in [-0.4, -0.2) is 78.0 Å². The molecule has 0 spiro atoms. The van der Waals surface area contributed by atoms with E-state index in [0.29, 0.717) is 17.7 Å². The van der Waals surface area contributed by atoms with Gasteiger partial charge in [0.15, 0.2) is 12.1 Å². The van der Waals surface area contributed by atoms with Gasteiger partial charge in [-0.15, -0.1) is 0 Å². The zero-order valence-electron chi connectivity index (χ0n) is 16.1. The molecular weight excluding hydrogens is 370 g/mol. The molecule has 1 saturated heterocycles. The Morgan fingerprint density at radius 2 is 1.93 bits per heavy atom. The number of nitrogens with one attached hydrogen (secondary N) is 1. The summed E-state index contributed by atoms with van der Waals surface area (Å²) in [5.41, 5.74) is 1.29. The third-order valence-corrected chi connectivity index (χ3v) is 4.57. The molecule has 4 N–H and O–H groups in total. The standard InChI is InChI=1S/C19H27NO8/c1-10(22)13-8-12(4-5-14(13)26-3)6-7-27-19-16(20-11(2)23)18(25)17(24)15(9-21)28-19/h4-5,8,15-19,21,24-25H,6-7,9H2,1-3H3,(H,20,23)/t15-,16-,17-,18-,19-/m1/s1. The van der Waals surface area contributed by atoms with Crippen molar-refractivity contribution in [3.8, 4) is 5.75 Å². The number of benzene rings is 1. The van der Waals surface area contributed by atoms with Gasteiger partial charge in [-0.2, -0.15) is 0 Å². The van der Waals surface area contributed by atoms with E-state index in [0.717, 1.165) is 5.56 Å². The summed E-state index contributed by atoms with van der Waals surface area (Å²) in [5, 5.41) is 32.1. The molecule has 1 aliphatic rings. The van der Waals surface area contributed by atoms with Gasteiger partial charge in [-0.25, -0.2) is 0 Å². The molecule has 1 aromatic rings. The molecule has 0 aromatic heterocycles. The lowest BCUT2D eigenvalue weighted by atomic mass is 9.97. The molecule has 0 aliphatic carbocycles. The van der Waals surface area contributed by atoms with E-state index < -0.39 is 43.2 Å². The van der Waals surface area contributed by atoms with Crippen molar-refractivity contribution in [3.63, 3.8) is 0 Å². The number of methoxy groups -OCH3 is 1. The number of ketones is 1. The molecule has 0 bridgehead atoms. The van der Waals surface area contributed by atoms with Crippen molar-refractivity contribution in [2.75, 3.05) is 20.3 Å². The summed E-state index contributed by atoms with van der Waals surface area (Å²) in [6.45, 7) is 2.37. The molecule has 28 heavy (non-hydrogen) atoms. The van der Waals surface area contributed by atoms with Crippen molar-refractivity contribution in [1.82, 2.24) is 5.32 Å². The molecule has 9 nitrogen and oxygen atoms in total. The fourth-order valence-corrected chi connectivity index (χ4v) is 3.09. The second-order valence-electron chi connectivity index (χ2n) is 6.64. The van der Waals surface area contributed by atoms with Gasteiger partial charge in [-0.1, -0.05) is 6.07 Å². The molecule has 9 heteroatoms. The van der Waals surface area contributed by atoms with Gasteiger partial charge in [-0.3, -0.25) is 9.59 Å². The number of carbonyl (C=O) groups is 2. The van der Waals surface area contributed by atoms with Gasteiger partial charge >= 0.3 is 0 Å². The number of carbonyl (C=O) groups excluding carboxylic acids is 2. The van der Waals surface area contributed by atoms with E-state index in [1.165, 1.54) is 21.0 Å². The Kier molecular flexibility index (Phi) is 7.90. The number of hydrogen-bond donors (Lipinski definition) is 4. The quantitative estimate of drug-likeness (QED) is 0.427. The van der Waals surface area contributed by atoms with E-state index in [2.05, 4.69) is 5.32 Å². The highest BCUT2D eigenvalue weighted by molar-refractivity contribution is 5.97. The van der Waals surface area contributed by atoms with Crippen molar-refractivity contribution in [1.29, 1.82) is 0 Å². The number of Topliss-reactive ketones (excluding diaryl/α,β-unsaturated/α-hetero) is 1. The fourth-order valence-electron chi connectivity index (χ4n) is 3.09. The van der Waals surface area contributed by atoms with Crippen LogP contribution in [0.5, 0.6) is 5.75 Å². The van der Waals surface area contributed by atoms with E-state index in [-0.39, 0.29) is 12.4 Å². The first-order chi connectivity index (χ1) is 13.3. The lowest BCUT2D eigenvalue weighted by Crippen LogP contribution is -2.64. The largest absolute Gasteiger partial charge is 0.496 e. The first-order valence-corrected chi connectivity index (χ1v) is 8.97. The average molecular weight is 397 g/mol. The fraction of sp³-hybridized carbons (Fsp3) is 0.579. The lowest BCUT2D eigenvalue weighted by Gasteiger charge is -2.42. The van der Waals surface area contributed by atoms with E-state index in [4.69, 9.17) is 14.2 Å². The summed E-state index contributed by atoms with van der Waals surface area (Å²) in [6, 6.07) is 4.23. The number of amides is 1. The molecule has 1 amide bonds. The Balaban J connectivity index is 2.05. The first kappa shape index (κ1) is 22.3. The van der Waals surface area contributed by atoms with Crippen LogP contribution in [0.15, 0.2) is 18.2 Å². The van der Waals surface area contributed by atoms with Gasteiger partial charge in [0.2, 0.25) is 5.91 Å². The number of ether oxygens (including phenoxy) is 3. The summed E-state index contributed by atoms with van der Waals surface area (Å²) in [7, 11) is 1.49. The number of aliphatic hydroxyl groups excluding tert-OH is 3. The Hall–Kier alpha value is -2.04. The average Bonchev–Trinajstić information content (AvgIpc) is 2.66. The Morgan fingerprint density at radius 1 is 1.21 bits per heavy atom. The van der Waals surface area contributed by atoms with Crippen LogP contribution < -0.4 is 10.1 Å². The minimum atomic E-state index is -1.36. The predicted octanol–water partition coefficient (Wildman–Crippen LogP) is -0.599. The molecule has 2 rings (SSSR count). The minimum absolute atomic E-state index is 0.121. The van der Waals surface area contributed by atoms with Gasteiger partial charge in [0.25, 0.3) is 0 Å². The van der Waals surface area contributed by atoms with Crippen molar-refractivity contribution >= 4 is 11.7 Å². The molecular formula is C19H27NO8. The monoisotopic (exact) mass is 397 g/mol. The van der Waals surface area contributed by atoms with Crippen LogP contribution >= 0.6 is 0 Å². The molecule has 0 unspecified atom stereocenters. The normalized spacial score (nSPS) is 27.3. The van der Waals surface area contributed by atoms with E-state index >= 15 is 0 Å². The molecule has 1 aromatic carbocycles. The maximum Gasteiger partial charge on any atom is 0.217 e. The summed E-state index contributed by atoms with van der Waals surface area (Å²) in [4.78, 5) is 23.1. The smallest absolute Gasteiger partial charge is 0.217 e. The van der Waals surface area contributed by atoms with Crippen LogP contribution in [0.4, 0.5) is 0 Å². The van der Waals surface area contributed by atoms with Crippen molar-refractivity contribution < 1.29 is 39.1 Å². The summed E-state index contributed by atoms with van der Waals surface area (Å²) < 4.78 is 16.3. The SMILES string of the molecule is COc1ccc(CCO[C@@H]2O[C@H](CO)[C@@H](O)[C@H](O)[C@H]2NC(C)=O)cc1C(C)=O. The Labute approximate surface area is 163 Å². The lowest BCUT2D eigenvalue weighted by molar-refractivity contribution is -0.269. The summed E-state index contributed by atoms with van der Waals surface area (Å²) in [5.74, 6) is -0.0533.